The molecule has 0 radical (unpaired) electrons. The second-order valence-electron chi connectivity index (χ2n) is 2.89. The summed E-state index contributed by atoms with van der Waals surface area (Å²) >= 11 is 0. The van der Waals surface area contributed by atoms with Crippen molar-refractivity contribution in [3.63, 3.8) is 0 Å². The highest BCUT2D eigenvalue weighted by atomic mass is 16.6. The smallest absolute Gasteiger partial charge is 0.331 e. The average Bonchev–Trinajstić information content (AvgIpc) is 2.62. The van der Waals surface area contributed by atoms with Crippen LogP contribution in [0, 0.1) is 5.92 Å². The van der Waals surface area contributed by atoms with Crippen LogP contribution in [-0.4, -0.2) is 11.6 Å². The van der Waals surface area contributed by atoms with E-state index in [-0.39, 0.29) is 11.6 Å². The Morgan fingerprint density at radius 1 is 1.73 bits per heavy atom. The second kappa shape index (κ2) is 2.53. The van der Waals surface area contributed by atoms with Crippen LogP contribution in [0.2, 0.25) is 0 Å². The number of rotatable bonds is 3. The summed E-state index contributed by atoms with van der Waals surface area (Å²) in [5.41, 5.74) is -0.384. The molecule has 1 aliphatic carbocycles. The van der Waals surface area contributed by atoms with Crippen molar-refractivity contribution in [2.45, 2.75) is 18.9 Å². The fourth-order valence-electron chi connectivity index (χ4n) is 1.12. The standard InChI is InChI=1S/C9H12O2/c1-4-8(10)11-9(5-2)6-7(9)3/h4-5,7H,1-2,6H2,3H3. The first-order chi connectivity index (χ1) is 5.14. The van der Waals surface area contributed by atoms with Gasteiger partial charge in [-0.3, -0.25) is 0 Å². The summed E-state index contributed by atoms with van der Waals surface area (Å²) in [6, 6.07) is 0. The topological polar surface area (TPSA) is 26.3 Å². The molecular weight excluding hydrogens is 140 g/mol. The molecule has 1 fully saturated rings. The van der Waals surface area contributed by atoms with E-state index >= 15 is 0 Å². The number of carbonyl (C=O) groups is 1. The monoisotopic (exact) mass is 152 g/mol. The molecule has 11 heavy (non-hydrogen) atoms. The van der Waals surface area contributed by atoms with Crippen molar-refractivity contribution in [3.8, 4) is 0 Å². The summed E-state index contributed by atoms with van der Waals surface area (Å²) in [5, 5.41) is 0. The number of hydrogen-bond acceptors (Lipinski definition) is 2. The van der Waals surface area contributed by atoms with E-state index < -0.39 is 0 Å². The third kappa shape index (κ3) is 1.34. The van der Waals surface area contributed by atoms with Crippen LogP contribution in [0.1, 0.15) is 13.3 Å². The Balaban J connectivity index is 2.54. The van der Waals surface area contributed by atoms with Gasteiger partial charge in [0.15, 0.2) is 0 Å². The minimum absolute atomic E-state index is 0.366. The molecule has 2 heteroatoms. The predicted molar refractivity (Wildman–Crippen MR) is 43.0 cm³/mol. The van der Waals surface area contributed by atoms with Gasteiger partial charge in [-0.2, -0.15) is 0 Å². The van der Waals surface area contributed by atoms with Crippen LogP contribution in [0.3, 0.4) is 0 Å². The van der Waals surface area contributed by atoms with Crippen molar-refractivity contribution in [2.24, 2.45) is 5.92 Å². The minimum Gasteiger partial charge on any atom is -0.451 e. The fourth-order valence-corrected chi connectivity index (χ4v) is 1.12. The van der Waals surface area contributed by atoms with Crippen LogP contribution in [0.25, 0.3) is 0 Å². The van der Waals surface area contributed by atoms with Crippen molar-refractivity contribution in [2.75, 3.05) is 0 Å². The quantitative estimate of drug-likeness (QED) is 0.349. The first-order valence-electron chi connectivity index (χ1n) is 3.63. The maximum atomic E-state index is 10.8. The highest BCUT2D eigenvalue weighted by Gasteiger charge is 2.52. The largest absolute Gasteiger partial charge is 0.451 e. The predicted octanol–water partition coefficient (Wildman–Crippen LogP) is 1.68. The van der Waals surface area contributed by atoms with E-state index in [0.717, 1.165) is 6.42 Å². The van der Waals surface area contributed by atoms with Gasteiger partial charge in [-0.15, -0.1) is 0 Å². The molecular formula is C9H12O2. The molecule has 2 atom stereocenters. The Morgan fingerprint density at radius 2 is 2.27 bits per heavy atom. The number of hydrogen-bond donors (Lipinski definition) is 0. The van der Waals surface area contributed by atoms with Crippen molar-refractivity contribution in [1.82, 2.24) is 0 Å². The van der Waals surface area contributed by atoms with E-state index in [9.17, 15) is 4.79 Å². The Labute approximate surface area is 66.5 Å². The van der Waals surface area contributed by atoms with Gasteiger partial charge in [0.05, 0.1) is 0 Å². The molecule has 1 rings (SSSR count). The third-order valence-electron chi connectivity index (χ3n) is 2.10. The van der Waals surface area contributed by atoms with E-state index in [1.165, 1.54) is 6.08 Å². The van der Waals surface area contributed by atoms with Crippen molar-refractivity contribution >= 4 is 5.97 Å². The maximum absolute atomic E-state index is 10.8. The van der Waals surface area contributed by atoms with Gasteiger partial charge in [0, 0.05) is 12.0 Å². The van der Waals surface area contributed by atoms with Gasteiger partial charge in [0.1, 0.15) is 5.60 Å². The Hall–Kier alpha value is -1.05. The molecule has 0 bridgehead atoms. The van der Waals surface area contributed by atoms with Crippen molar-refractivity contribution in [3.05, 3.63) is 25.3 Å². The molecule has 0 heterocycles. The number of ether oxygens (including phenoxy) is 1. The van der Waals surface area contributed by atoms with Gasteiger partial charge in [-0.05, 0) is 12.5 Å². The molecule has 2 unspecified atom stereocenters. The molecule has 0 aromatic heterocycles. The van der Waals surface area contributed by atoms with Gasteiger partial charge in [0.25, 0.3) is 0 Å². The Kier molecular flexibility index (Phi) is 1.85. The van der Waals surface area contributed by atoms with Crippen LogP contribution < -0.4 is 0 Å². The zero-order valence-corrected chi connectivity index (χ0v) is 6.67. The van der Waals surface area contributed by atoms with Gasteiger partial charge in [0.2, 0.25) is 0 Å². The molecule has 0 saturated heterocycles. The second-order valence-corrected chi connectivity index (χ2v) is 2.89. The first-order valence-corrected chi connectivity index (χ1v) is 3.63. The molecule has 0 spiro atoms. The third-order valence-corrected chi connectivity index (χ3v) is 2.10. The lowest BCUT2D eigenvalue weighted by Crippen LogP contribution is -2.17. The average molecular weight is 152 g/mol. The van der Waals surface area contributed by atoms with Crippen LogP contribution >= 0.6 is 0 Å². The highest BCUT2D eigenvalue weighted by molar-refractivity contribution is 5.82. The summed E-state index contributed by atoms with van der Waals surface area (Å²) in [6.45, 7) is 8.97. The van der Waals surface area contributed by atoms with Gasteiger partial charge in [-0.25, -0.2) is 4.79 Å². The van der Waals surface area contributed by atoms with E-state index in [4.69, 9.17) is 4.74 Å². The maximum Gasteiger partial charge on any atom is 0.331 e. The van der Waals surface area contributed by atoms with E-state index in [0.29, 0.717) is 5.92 Å². The number of carbonyl (C=O) groups excluding carboxylic acids is 1. The minimum atomic E-state index is -0.384. The van der Waals surface area contributed by atoms with Gasteiger partial charge >= 0.3 is 5.97 Å². The van der Waals surface area contributed by atoms with E-state index in [1.807, 2.05) is 6.92 Å². The van der Waals surface area contributed by atoms with Crippen LogP contribution in [0.5, 0.6) is 0 Å². The van der Waals surface area contributed by atoms with Crippen LogP contribution in [-0.2, 0) is 9.53 Å². The summed E-state index contributed by atoms with van der Waals surface area (Å²) in [7, 11) is 0. The van der Waals surface area contributed by atoms with E-state index in [2.05, 4.69) is 13.2 Å². The van der Waals surface area contributed by atoms with Crippen LogP contribution in [0.4, 0.5) is 0 Å². The van der Waals surface area contributed by atoms with E-state index in [1.54, 1.807) is 6.08 Å². The Morgan fingerprint density at radius 3 is 2.55 bits per heavy atom. The summed E-state index contributed by atoms with van der Waals surface area (Å²) in [4.78, 5) is 10.8. The molecule has 60 valence electrons. The number of esters is 1. The first kappa shape index (κ1) is 8.05. The zero-order valence-electron chi connectivity index (χ0n) is 6.67. The fraction of sp³-hybridized carbons (Fsp3) is 0.444. The Bertz CT molecular complexity index is 208. The zero-order chi connectivity index (χ0) is 8.48. The molecule has 1 saturated carbocycles. The normalized spacial score (nSPS) is 34.1. The molecule has 0 aromatic rings. The summed E-state index contributed by atoms with van der Waals surface area (Å²) in [5.74, 6) is 0.0400. The summed E-state index contributed by atoms with van der Waals surface area (Å²) in [6.07, 6.45) is 3.76. The molecule has 0 N–H and O–H groups in total. The SMILES string of the molecule is C=CC(=O)OC1(C=C)CC1C. The molecule has 2 nitrogen and oxygen atoms in total. The lowest BCUT2D eigenvalue weighted by molar-refractivity contribution is -0.143. The molecule has 1 aliphatic rings. The van der Waals surface area contributed by atoms with Crippen molar-refractivity contribution < 1.29 is 9.53 Å². The molecule has 0 aliphatic heterocycles. The van der Waals surface area contributed by atoms with Gasteiger partial charge in [-0.1, -0.05) is 20.1 Å². The molecule has 0 aromatic carbocycles. The lowest BCUT2D eigenvalue weighted by Gasteiger charge is -2.10. The van der Waals surface area contributed by atoms with Gasteiger partial charge < -0.3 is 4.74 Å². The van der Waals surface area contributed by atoms with Crippen LogP contribution in [0.15, 0.2) is 25.3 Å². The molecule has 0 amide bonds. The summed E-state index contributed by atoms with van der Waals surface area (Å²) < 4.78 is 5.08. The highest BCUT2D eigenvalue weighted by Crippen LogP contribution is 2.47. The van der Waals surface area contributed by atoms with Crippen molar-refractivity contribution in [1.29, 1.82) is 0 Å². The lowest BCUT2D eigenvalue weighted by atomic mass is 10.3.